The number of para-hydroxylation sites is 1. The number of aryl methyl sites for hydroxylation is 1. The fourth-order valence-electron chi connectivity index (χ4n) is 3.18. The number of benzene rings is 2. The molecule has 0 aliphatic rings. The van der Waals surface area contributed by atoms with E-state index in [0.29, 0.717) is 0 Å². The summed E-state index contributed by atoms with van der Waals surface area (Å²) >= 11 is 1.83. The van der Waals surface area contributed by atoms with Crippen LogP contribution in [0.1, 0.15) is 17.4 Å². The van der Waals surface area contributed by atoms with Crippen molar-refractivity contribution < 1.29 is 9.90 Å². The maximum absolute atomic E-state index is 11.2. The minimum atomic E-state index is -0.807. The van der Waals surface area contributed by atoms with Gasteiger partial charge in [0.2, 0.25) is 0 Å². The zero-order valence-electron chi connectivity index (χ0n) is 13.3. The highest BCUT2D eigenvalue weighted by molar-refractivity contribution is 7.19. The number of rotatable bonds is 4. The molecule has 1 N–H and O–H groups in total. The van der Waals surface area contributed by atoms with Crippen molar-refractivity contribution in [3.63, 3.8) is 0 Å². The highest BCUT2D eigenvalue weighted by Gasteiger charge is 2.12. The normalized spacial score (nSPS) is 11.4. The van der Waals surface area contributed by atoms with Gasteiger partial charge < -0.3 is 9.67 Å². The molecule has 0 aliphatic heterocycles. The molecule has 2 heterocycles. The lowest BCUT2D eigenvalue weighted by Crippen LogP contribution is -1.99. The molecule has 0 unspecified atom stereocenters. The van der Waals surface area contributed by atoms with Crippen LogP contribution in [-0.4, -0.2) is 15.6 Å². The largest absolute Gasteiger partial charge is 0.481 e. The first kappa shape index (κ1) is 15.0. The highest BCUT2D eigenvalue weighted by Crippen LogP contribution is 2.30. The van der Waals surface area contributed by atoms with Gasteiger partial charge in [0, 0.05) is 26.8 Å². The summed E-state index contributed by atoms with van der Waals surface area (Å²) in [5.74, 6) is -0.807. The van der Waals surface area contributed by atoms with E-state index in [1.165, 1.54) is 15.0 Å². The van der Waals surface area contributed by atoms with Crippen LogP contribution in [0.25, 0.3) is 26.7 Å². The number of aliphatic carboxylic acids is 1. The maximum Gasteiger partial charge on any atom is 0.307 e. The minimum absolute atomic E-state index is 0.0359. The molecule has 2 aromatic carbocycles. The van der Waals surface area contributed by atoms with Crippen molar-refractivity contribution >= 4 is 38.3 Å². The average molecular weight is 335 g/mol. The van der Waals surface area contributed by atoms with E-state index in [1.807, 2.05) is 41.8 Å². The van der Waals surface area contributed by atoms with Crippen molar-refractivity contribution in [3.05, 3.63) is 65.2 Å². The maximum atomic E-state index is 11.2. The molecule has 3 nitrogen and oxygen atoms in total. The Morgan fingerprint density at radius 1 is 1.17 bits per heavy atom. The molecule has 0 fully saturated rings. The lowest BCUT2D eigenvalue weighted by atomic mass is 10.1. The summed E-state index contributed by atoms with van der Waals surface area (Å²) in [6.45, 7) is 2.17. The standard InChI is InChI=1S/C20H17NO2S/c1-2-16-10-13-9-15(7-8-19(13)24-16)21-12-14(11-20(22)23)17-5-3-4-6-18(17)21/h3-10,12H,2,11H2,1H3,(H,22,23). The Balaban J connectivity index is 1.90. The van der Waals surface area contributed by atoms with Gasteiger partial charge in [-0.3, -0.25) is 4.79 Å². The number of carboxylic acids is 1. The van der Waals surface area contributed by atoms with Crippen LogP contribution in [0.15, 0.2) is 54.7 Å². The Kier molecular flexibility index (Phi) is 3.62. The van der Waals surface area contributed by atoms with E-state index >= 15 is 0 Å². The second kappa shape index (κ2) is 5.80. The Bertz CT molecular complexity index is 1060. The van der Waals surface area contributed by atoms with Crippen molar-refractivity contribution in [3.8, 4) is 5.69 Å². The van der Waals surface area contributed by atoms with E-state index < -0.39 is 5.97 Å². The number of fused-ring (bicyclic) bond motifs is 2. The Labute approximate surface area is 143 Å². The van der Waals surface area contributed by atoms with Crippen LogP contribution in [0.3, 0.4) is 0 Å². The van der Waals surface area contributed by atoms with Crippen LogP contribution >= 0.6 is 11.3 Å². The Hall–Kier alpha value is -2.59. The topological polar surface area (TPSA) is 42.2 Å². The van der Waals surface area contributed by atoms with Gasteiger partial charge in [-0.25, -0.2) is 0 Å². The summed E-state index contributed by atoms with van der Waals surface area (Å²) in [7, 11) is 0. The second-order valence-electron chi connectivity index (χ2n) is 5.90. The van der Waals surface area contributed by atoms with E-state index in [4.69, 9.17) is 5.11 Å². The molecule has 0 spiro atoms. The quantitative estimate of drug-likeness (QED) is 0.568. The van der Waals surface area contributed by atoms with Crippen LogP contribution < -0.4 is 0 Å². The summed E-state index contributed by atoms with van der Waals surface area (Å²) in [6.07, 6.45) is 3.03. The summed E-state index contributed by atoms with van der Waals surface area (Å²) < 4.78 is 3.38. The molecular formula is C20H17NO2S. The van der Waals surface area contributed by atoms with Gasteiger partial charge >= 0.3 is 5.97 Å². The molecule has 0 atom stereocenters. The third-order valence-corrected chi connectivity index (χ3v) is 5.57. The smallest absolute Gasteiger partial charge is 0.307 e. The monoisotopic (exact) mass is 335 g/mol. The summed E-state index contributed by atoms with van der Waals surface area (Å²) in [5, 5.41) is 11.4. The predicted octanol–water partition coefficient (Wildman–Crippen LogP) is 5.03. The number of hydrogen-bond donors (Lipinski definition) is 1. The van der Waals surface area contributed by atoms with E-state index in [1.54, 1.807) is 0 Å². The van der Waals surface area contributed by atoms with E-state index in [0.717, 1.165) is 28.6 Å². The van der Waals surface area contributed by atoms with E-state index in [2.05, 4.69) is 35.8 Å². The SMILES string of the molecule is CCc1cc2cc(-n3cc(CC(=O)O)c4ccccc43)ccc2s1. The molecule has 0 bridgehead atoms. The number of carbonyl (C=O) groups is 1. The molecule has 0 saturated heterocycles. The van der Waals surface area contributed by atoms with Crippen molar-refractivity contribution in [2.45, 2.75) is 19.8 Å². The van der Waals surface area contributed by atoms with Crippen LogP contribution in [0.4, 0.5) is 0 Å². The van der Waals surface area contributed by atoms with Crippen LogP contribution in [0.2, 0.25) is 0 Å². The first-order valence-electron chi connectivity index (χ1n) is 7.99. The zero-order valence-corrected chi connectivity index (χ0v) is 14.1. The van der Waals surface area contributed by atoms with Crippen molar-refractivity contribution in [1.82, 2.24) is 4.57 Å². The Morgan fingerprint density at radius 2 is 2.00 bits per heavy atom. The first-order valence-corrected chi connectivity index (χ1v) is 8.81. The third kappa shape index (κ3) is 2.49. The molecule has 0 aliphatic carbocycles. The van der Waals surface area contributed by atoms with Gasteiger partial charge in [0.05, 0.1) is 11.9 Å². The van der Waals surface area contributed by atoms with Gasteiger partial charge in [-0.05, 0) is 47.7 Å². The fourth-order valence-corrected chi connectivity index (χ4v) is 4.16. The van der Waals surface area contributed by atoms with Crippen LogP contribution in [-0.2, 0) is 17.6 Å². The molecule has 24 heavy (non-hydrogen) atoms. The molecule has 0 radical (unpaired) electrons. The molecule has 0 amide bonds. The summed E-state index contributed by atoms with van der Waals surface area (Å²) in [5.41, 5.74) is 2.95. The van der Waals surface area contributed by atoms with Crippen molar-refractivity contribution in [2.75, 3.05) is 0 Å². The van der Waals surface area contributed by atoms with Gasteiger partial charge in [0.15, 0.2) is 0 Å². The molecule has 4 rings (SSSR count). The fraction of sp³-hybridized carbons (Fsp3) is 0.150. The number of hydrogen-bond acceptors (Lipinski definition) is 2. The Morgan fingerprint density at radius 3 is 2.79 bits per heavy atom. The van der Waals surface area contributed by atoms with Crippen molar-refractivity contribution in [1.29, 1.82) is 0 Å². The average Bonchev–Trinajstić information content (AvgIpc) is 3.15. The summed E-state index contributed by atoms with van der Waals surface area (Å²) in [6, 6.07) is 16.7. The molecule has 120 valence electrons. The molecule has 0 saturated carbocycles. The van der Waals surface area contributed by atoms with Crippen molar-refractivity contribution in [2.24, 2.45) is 0 Å². The van der Waals surface area contributed by atoms with Gasteiger partial charge in [-0.2, -0.15) is 0 Å². The third-order valence-electron chi connectivity index (χ3n) is 4.31. The summed E-state index contributed by atoms with van der Waals surface area (Å²) in [4.78, 5) is 12.5. The van der Waals surface area contributed by atoms with Gasteiger partial charge in [0.25, 0.3) is 0 Å². The highest BCUT2D eigenvalue weighted by atomic mass is 32.1. The number of nitrogens with zero attached hydrogens (tertiary/aromatic N) is 1. The minimum Gasteiger partial charge on any atom is -0.481 e. The van der Waals surface area contributed by atoms with Crippen LogP contribution in [0, 0.1) is 0 Å². The lowest BCUT2D eigenvalue weighted by Gasteiger charge is -2.05. The van der Waals surface area contributed by atoms with Gasteiger partial charge in [-0.1, -0.05) is 25.1 Å². The lowest BCUT2D eigenvalue weighted by molar-refractivity contribution is -0.136. The molecule has 4 aromatic rings. The number of aromatic nitrogens is 1. The number of carboxylic acid groups (broad SMARTS) is 1. The van der Waals surface area contributed by atoms with Crippen LogP contribution in [0.5, 0.6) is 0 Å². The van der Waals surface area contributed by atoms with Gasteiger partial charge in [0.1, 0.15) is 0 Å². The molecular weight excluding hydrogens is 318 g/mol. The molecule has 2 aromatic heterocycles. The van der Waals surface area contributed by atoms with Gasteiger partial charge in [-0.15, -0.1) is 11.3 Å². The van der Waals surface area contributed by atoms with E-state index in [-0.39, 0.29) is 6.42 Å². The molecule has 4 heteroatoms. The second-order valence-corrected chi connectivity index (χ2v) is 7.07. The predicted molar refractivity (Wildman–Crippen MR) is 99.4 cm³/mol. The first-order chi connectivity index (χ1) is 11.7. The van der Waals surface area contributed by atoms with E-state index in [9.17, 15) is 4.79 Å². The zero-order chi connectivity index (χ0) is 16.7. The number of thiophene rings is 1.